The number of para-hydroxylation sites is 1. The Morgan fingerprint density at radius 3 is 2.61 bits per heavy atom. The molecule has 1 atom stereocenters. The third-order valence-corrected chi connectivity index (χ3v) is 6.49. The van der Waals surface area contributed by atoms with Crippen molar-refractivity contribution >= 4 is 35.2 Å². The molecule has 0 saturated carbocycles. The standard InChI is InChI=1S/C21H21N3O3S/c25-18(22-13-11-15-6-2-1-3-7-15)14-23-20(27)21-12-10-19(26)24(21)16-8-4-5-9-17(16)28-21/h1-9H,10-14H2,(H,22,25)(H,23,27). The first-order valence-corrected chi connectivity index (χ1v) is 10.1. The van der Waals surface area contributed by atoms with Crippen molar-refractivity contribution in [3.8, 4) is 0 Å². The van der Waals surface area contributed by atoms with E-state index in [0.717, 1.165) is 22.6 Å². The van der Waals surface area contributed by atoms with E-state index in [9.17, 15) is 14.4 Å². The highest BCUT2D eigenvalue weighted by Crippen LogP contribution is 2.55. The van der Waals surface area contributed by atoms with Crippen molar-refractivity contribution in [2.45, 2.75) is 29.0 Å². The van der Waals surface area contributed by atoms with E-state index in [1.807, 2.05) is 54.6 Å². The van der Waals surface area contributed by atoms with E-state index < -0.39 is 4.87 Å². The number of carbonyl (C=O) groups is 3. The van der Waals surface area contributed by atoms with Crippen LogP contribution in [0.4, 0.5) is 5.69 Å². The average Bonchev–Trinajstić information content (AvgIpc) is 3.23. The molecule has 2 aromatic carbocycles. The molecule has 2 aromatic rings. The Morgan fingerprint density at radius 1 is 1.04 bits per heavy atom. The molecule has 0 aromatic heterocycles. The van der Waals surface area contributed by atoms with Crippen LogP contribution in [0.3, 0.4) is 0 Å². The highest BCUT2D eigenvalue weighted by Gasteiger charge is 2.57. The highest BCUT2D eigenvalue weighted by molar-refractivity contribution is 8.02. The number of nitrogens with one attached hydrogen (secondary N) is 2. The molecule has 2 heterocycles. The monoisotopic (exact) mass is 395 g/mol. The van der Waals surface area contributed by atoms with Crippen molar-refractivity contribution in [3.63, 3.8) is 0 Å². The van der Waals surface area contributed by atoms with E-state index in [0.29, 0.717) is 19.4 Å². The summed E-state index contributed by atoms with van der Waals surface area (Å²) in [5.74, 6) is -0.588. The SMILES string of the molecule is O=C(CNC(=O)C12CCC(=O)N1c1ccccc1S2)NCCc1ccccc1. The Bertz CT molecular complexity index is 918. The molecule has 6 nitrogen and oxygen atoms in total. The Kier molecular flexibility index (Phi) is 5.09. The lowest BCUT2D eigenvalue weighted by Gasteiger charge is -2.29. The minimum absolute atomic E-state index is 0.0556. The zero-order valence-electron chi connectivity index (χ0n) is 15.3. The molecule has 0 radical (unpaired) electrons. The smallest absolute Gasteiger partial charge is 0.257 e. The van der Waals surface area contributed by atoms with E-state index in [2.05, 4.69) is 10.6 Å². The van der Waals surface area contributed by atoms with Crippen LogP contribution in [0.25, 0.3) is 0 Å². The molecule has 2 N–H and O–H groups in total. The molecule has 2 aliphatic rings. The number of carbonyl (C=O) groups excluding carboxylic acids is 3. The van der Waals surface area contributed by atoms with Crippen molar-refractivity contribution in [2.75, 3.05) is 18.0 Å². The van der Waals surface area contributed by atoms with E-state index >= 15 is 0 Å². The van der Waals surface area contributed by atoms with Gasteiger partial charge in [0, 0.05) is 17.9 Å². The van der Waals surface area contributed by atoms with Gasteiger partial charge in [0.25, 0.3) is 5.91 Å². The lowest BCUT2D eigenvalue weighted by atomic mass is 10.1. The maximum Gasteiger partial charge on any atom is 0.257 e. The fraction of sp³-hybridized carbons (Fsp3) is 0.286. The number of anilines is 1. The largest absolute Gasteiger partial charge is 0.354 e. The zero-order valence-corrected chi connectivity index (χ0v) is 16.1. The van der Waals surface area contributed by atoms with Gasteiger partial charge in [-0.25, -0.2) is 0 Å². The van der Waals surface area contributed by atoms with Crippen molar-refractivity contribution in [2.24, 2.45) is 0 Å². The first-order valence-electron chi connectivity index (χ1n) is 9.30. The molecule has 1 fully saturated rings. The number of nitrogens with zero attached hydrogens (tertiary/aromatic N) is 1. The molecule has 2 aliphatic heterocycles. The van der Waals surface area contributed by atoms with E-state index in [1.54, 1.807) is 4.90 Å². The molecular weight excluding hydrogens is 374 g/mol. The Labute approximate surface area is 167 Å². The van der Waals surface area contributed by atoms with E-state index in [1.165, 1.54) is 11.8 Å². The zero-order chi connectivity index (χ0) is 19.6. The molecule has 1 unspecified atom stereocenters. The Hall–Kier alpha value is -2.80. The van der Waals surface area contributed by atoms with Crippen molar-refractivity contribution in [3.05, 3.63) is 60.2 Å². The minimum atomic E-state index is -0.981. The summed E-state index contributed by atoms with van der Waals surface area (Å²) >= 11 is 1.39. The molecule has 144 valence electrons. The first-order chi connectivity index (χ1) is 13.6. The fourth-order valence-corrected chi connectivity index (χ4v) is 5.09. The van der Waals surface area contributed by atoms with Gasteiger partial charge in [-0.2, -0.15) is 0 Å². The molecule has 3 amide bonds. The number of hydrogen-bond acceptors (Lipinski definition) is 4. The van der Waals surface area contributed by atoms with Gasteiger partial charge < -0.3 is 10.6 Å². The normalized spacial score (nSPS) is 19.9. The van der Waals surface area contributed by atoms with Crippen molar-refractivity contribution in [1.29, 1.82) is 0 Å². The van der Waals surface area contributed by atoms with Crippen LogP contribution >= 0.6 is 11.8 Å². The van der Waals surface area contributed by atoms with Crippen LogP contribution in [0, 0.1) is 0 Å². The predicted molar refractivity (Wildman–Crippen MR) is 108 cm³/mol. The van der Waals surface area contributed by atoms with Crippen LogP contribution in [0.15, 0.2) is 59.5 Å². The molecule has 7 heteroatoms. The number of fused-ring (bicyclic) bond motifs is 3. The van der Waals surface area contributed by atoms with E-state index in [-0.39, 0.29) is 24.3 Å². The summed E-state index contributed by atoms with van der Waals surface area (Å²) < 4.78 is 0. The number of hydrogen-bond donors (Lipinski definition) is 2. The molecule has 0 spiro atoms. The van der Waals surface area contributed by atoms with Gasteiger partial charge >= 0.3 is 0 Å². The number of thioether (sulfide) groups is 1. The van der Waals surface area contributed by atoms with Crippen LogP contribution in [0.1, 0.15) is 18.4 Å². The van der Waals surface area contributed by atoms with E-state index in [4.69, 9.17) is 0 Å². The Morgan fingerprint density at radius 2 is 1.79 bits per heavy atom. The second kappa shape index (κ2) is 7.67. The molecule has 0 bridgehead atoms. The lowest BCUT2D eigenvalue weighted by molar-refractivity contribution is -0.127. The Balaban J connectivity index is 1.33. The minimum Gasteiger partial charge on any atom is -0.354 e. The summed E-state index contributed by atoms with van der Waals surface area (Å²) in [6, 6.07) is 17.4. The lowest BCUT2D eigenvalue weighted by Crippen LogP contribution is -2.54. The number of rotatable bonds is 6. The van der Waals surface area contributed by atoms with Crippen LogP contribution in [0.2, 0.25) is 0 Å². The van der Waals surface area contributed by atoms with Crippen LogP contribution < -0.4 is 15.5 Å². The van der Waals surface area contributed by atoms with Gasteiger partial charge in [-0.3, -0.25) is 19.3 Å². The highest BCUT2D eigenvalue weighted by atomic mass is 32.2. The number of benzene rings is 2. The summed E-state index contributed by atoms with van der Waals surface area (Å²) in [5, 5.41) is 5.54. The topological polar surface area (TPSA) is 78.5 Å². The third-order valence-electron chi connectivity index (χ3n) is 5.02. The third kappa shape index (κ3) is 3.38. The van der Waals surface area contributed by atoms with Crippen LogP contribution in [-0.4, -0.2) is 35.7 Å². The fourth-order valence-electron chi connectivity index (χ4n) is 3.65. The predicted octanol–water partition coefficient (Wildman–Crippen LogP) is 2.09. The maximum atomic E-state index is 13.0. The average molecular weight is 395 g/mol. The number of amides is 3. The summed E-state index contributed by atoms with van der Waals surface area (Å²) in [7, 11) is 0. The van der Waals surface area contributed by atoms with Crippen LogP contribution in [0.5, 0.6) is 0 Å². The van der Waals surface area contributed by atoms with Gasteiger partial charge in [-0.15, -0.1) is 0 Å². The maximum absolute atomic E-state index is 13.0. The molecule has 4 rings (SSSR count). The summed E-state index contributed by atoms with van der Waals surface area (Å²) in [6.07, 6.45) is 1.50. The summed E-state index contributed by atoms with van der Waals surface area (Å²) in [5.41, 5.74) is 1.92. The van der Waals surface area contributed by atoms with Crippen LogP contribution in [-0.2, 0) is 20.8 Å². The quantitative estimate of drug-likeness (QED) is 0.785. The molecular formula is C21H21N3O3S. The van der Waals surface area contributed by atoms with Crippen molar-refractivity contribution in [1.82, 2.24) is 10.6 Å². The molecule has 1 saturated heterocycles. The van der Waals surface area contributed by atoms with Gasteiger partial charge in [0.2, 0.25) is 11.8 Å². The summed E-state index contributed by atoms with van der Waals surface area (Å²) in [4.78, 5) is 39.0. The van der Waals surface area contributed by atoms with Gasteiger partial charge in [0.15, 0.2) is 4.87 Å². The second-order valence-electron chi connectivity index (χ2n) is 6.85. The molecule has 0 aliphatic carbocycles. The second-order valence-corrected chi connectivity index (χ2v) is 8.17. The van der Waals surface area contributed by atoms with Crippen molar-refractivity contribution < 1.29 is 14.4 Å². The summed E-state index contributed by atoms with van der Waals surface area (Å²) in [6.45, 7) is 0.406. The van der Waals surface area contributed by atoms with Gasteiger partial charge in [-0.05, 0) is 30.5 Å². The molecule has 28 heavy (non-hydrogen) atoms. The van der Waals surface area contributed by atoms with Gasteiger partial charge in [-0.1, -0.05) is 54.2 Å². The van der Waals surface area contributed by atoms with Gasteiger partial charge in [0.1, 0.15) is 0 Å². The van der Waals surface area contributed by atoms with Gasteiger partial charge in [0.05, 0.1) is 12.2 Å². The first kappa shape index (κ1) is 18.6.